The zero-order valence-corrected chi connectivity index (χ0v) is 28.7. The van der Waals surface area contributed by atoms with Gasteiger partial charge in [0.2, 0.25) is 35.3 Å². The first-order chi connectivity index (χ1) is 21.5. The van der Waals surface area contributed by atoms with Gasteiger partial charge in [-0.2, -0.15) is 0 Å². The normalized spacial score (nSPS) is 15.1. The van der Waals surface area contributed by atoms with E-state index in [0.29, 0.717) is 25.8 Å². The molecule has 0 aromatic heterocycles. The lowest BCUT2D eigenvalue weighted by atomic mass is 9.96. The smallest absolute Gasteiger partial charge is 0.303 e. The van der Waals surface area contributed by atoms with Crippen molar-refractivity contribution < 1.29 is 48.6 Å². The Bertz CT molecular complexity index is 1090. The molecule has 0 bridgehead atoms. The highest BCUT2D eigenvalue weighted by atomic mass is 35.5. The van der Waals surface area contributed by atoms with Crippen LogP contribution in [0.25, 0.3) is 0 Å². The standard InChI is InChI=1S/C29H51N7O10.ClH/c1-7-15(2)22(35-26(43)20(34-19(6)38)11-8-9-13-30)27(44)36-23(18(5)37)28(45)33-17(4)25(42)32-16(3)24(41)29(46)31-14-10-12-21(39)40;/h15-18,20,22-23,37H,7-14,30H2,1-6H3,(H,31,46)(H,32,42)(H,33,45)(H,34,38)(H,35,43)(H,36,44)(H,39,40);1H/t15-,16?,17-,18+,20-,22-,23-;/m0./s1. The van der Waals surface area contributed by atoms with E-state index in [2.05, 4.69) is 31.9 Å². The first-order valence-corrected chi connectivity index (χ1v) is 15.4. The topological polar surface area (TPSA) is 275 Å². The number of Topliss-reactive ketones (excluding diaryl/α,β-unsaturated/α-hetero) is 1. The highest BCUT2D eigenvalue weighted by molar-refractivity contribution is 6.38. The summed E-state index contributed by atoms with van der Waals surface area (Å²) in [4.78, 5) is 98.6. The number of aliphatic hydroxyl groups excluding tert-OH is 1. The van der Waals surface area contributed by atoms with Gasteiger partial charge in [0.15, 0.2) is 0 Å². The molecule has 0 spiro atoms. The number of carboxylic acid groups (broad SMARTS) is 1. The van der Waals surface area contributed by atoms with Crippen LogP contribution in [0.3, 0.4) is 0 Å². The summed E-state index contributed by atoms with van der Waals surface area (Å²) in [5, 5.41) is 33.5. The molecule has 270 valence electrons. The summed E-state index contributed by atoms with van der Waals surface area (Å²) in [5.41, 5.74) is 5.52. The number of hydrogen-bond acceptors (Lipinski definition) is 10. The van der Waals surface area contributed by atoms with Gasteiger partial charge in [0.1, 0.15) is 24.2 Å². The number of carbonyl (C=O) groups is 8. The van der Waals surface area contributed by atoms with Crippen molar-refractivity contribution in [3.05, 3.63) is 0 Å². The Morgan fingerprint density at radius 2 is 1.28 bits per heavy atom. The lowest BCUT2D eigenvalue weighted by molar-refractivity contribution is -0.140. The third-order valence-corrected chi connectivity index (χ3v) is 7.08. The molecule has 0 aliphatic rings. The second kappa shape index (κ2) is 23.5. The summed E-state index contributed by atoms with van der Waals surface area (Å²) in [5.74, 6) is -7.08. The summed E-state index contributed by atoms with van der Waals surface area (Å²) in [6.07, 6.45) is 0.403. The maximum absolute atomic E-state index is 13.3. The van der Waals surface area contributed by atoms with Crippen LogP contribution in [0.5, 0.6) is 0 Å². The second-order valence-corrected chi connectivity index (χ2v) is 11.2. The molecule has 0 rings (SSSR count). The number of aliphatic carboxylic acids is 1. The van der Waals surface area contributed by atoms with Gasteiger partial charge in [-0.3, -0.25) is 38.4 Å². The molecule has 0 radical (unpaired) electrons. The molecular weight excluding hydrogens is 642 g/mol. The molecule has 10 N–H and O–H groups in total. The molecule has 0 aromatic carbocycles. The molecule has 17 nitrogen and oxygen atoms in total. The van der Waals surface area contributed by atoms with Gasteiger partial charge in [0.05, 0.1) is 12.1 Å². The summed E-state index contributed by atoms with van der Waals surface area (Å²) in [7, 11) is 0. The number of rotatable bonds is 22. The molecule has 0 aliphatic carbocycles. The highest BCUT2D eigenvalue weighted by Crippen LogP contribution is 2.11. The zero-order valence-electron chi connectivity index (χ0n) is 27.8. The number of nitrogens with two attached hydrogens (primary N) is 1. The van der Waals surface area contributed by atoms with Crippen LogP contribution in [-0.2, 0) is 38.4 Å². The predicted molar refractivity (Wildman–Crippen MR) is 173 cm³/mol. The monoisotopic (exact) mass is 693 g/mol. The third kappa shape index (κ3) is 17.6. The minimum atomic E-state index is -1.54. The fraction of sp³-hybridized carbons (Fsp3) is 0.724. The minimum Gasteiger partial charge on any atom is -0.481 e. The van der Waals surface area contributed by atoms with Crippen LogP contribution in [0.4, 0.5) is 0 Å². The Labute approximate surface area is 281 Å². The van der Waals surface area contributed by atoms with Gasteiger partial charge in [-0.25, -0.2) is 0 Å². The van der Waals surface area contributed by atoms with E-state index in [4.69, 9.17) is 10.8 Å². The number of carbonyl (C=O) groups excluding carboxylic acids is 7. The molecule has 0 heterocycles. The largest absolute Gasteiger partial charge is 0.481 e. The van der Waals surface area contributed by atoms with E-state index >= 15 is 0 Å². The van der Waals surface area contributed by atoms with Crippen molar-refractivity contribution in [2.75, 3.05) is 13.1 Å². The Hall–Kier alpha value is -3.83. The maximum Gasteiger partial charge on any atom is 0.303 e. The molecule has 0 saturated heterocycles. The molecular formula is C29H52ClN7O10. The van der Waals surface area contributed by atoms with Crippen molar-refractivity contribution >= 4 is 59.6 Å². The first-order valence-electron chi connectivity index (χ1n) is 15.4. The molecule has 0 aromatic rings. The van der Waals surface area contributed by atoms with Gasteiger partial charge >= 0.3 is 5.97 Å². The van der Waals surface area contributed by atoms with Crippen LogP contribution in [0, 0.1) is 5.92 Å². The minimum absolute atomic E-state index is 0. The quantitative estimate of drug-likeness (QED) is 0.0442. The Morgan fingerprint density at radius 3 is 1.79 bits per heavy atom. The maximum atomic E-state index is 13.3. The molecule has 0 aliphatic heterocycles. The molecule has 0 fully saturated rings. The van der Waals surface area contributed by atoms with Crippen molar-refractivity contribution in [1.29, 1.82) is 0 Å². The van der Waals surface area contributed by atoms with Gasteiger partial charge < -0.3 is 47.8 Å². The molecule has 0 saturated carbocycles. The number of nitrogens with one attached hydrogen (secondary N) is 6. The van der Waals surface area contributed by atoms with E-state index in [1.54, 1.807) is 13.8 Å². The summed E-state index contributed by atoms with van der Waals surface area (Å²) < 4.78 is 0. The van der Waals surface area contributed by atoms with Crippen LogP contribution in [0.1, 0.15) is 80.1 Å². The van der Waals surface area contributed by atoms with Crippen LogP contribution < -0.4 is 37.6 Å². The lowest BCUT2D eigenvalue weighted by Gasteiger charge is -2.29. The zero-order chi connectivity index (χ0) is 35.6. The highest BCUT2D eigenvalue weighted by Gasteiger charge is 2.34. The molecule has 6 amide bonds. The first kappa shape index (κ1) is 45.3. The SMILES string of the molecule is CC[C@H](C)[C@H](NC(=O)[C@H](CCCCN)NC(C)=O)C(=O)N[C@H](C(=O)N[C@@H](C)C(=O)NC(C)C(=O)C(=O)NCCCC(=O)O)[C@@H](C)O.Cl. The van der Waals surface area contributed by atoms with Gasteiger partial charge in [0.25, 0.3) is 5.91 Å². The molecule has 18 heteroatoms. The molecule has 1 unspecified atom stereocenters. The van der Waals surface area contributed by atoms with Gasteiger partial charge in [-0.15, -0.1) is 12.4 Å². The number of unbranched alkanes of at least 4 members (excludes halogenated alkanes) is 1. The Balaban J connectivity index is 0. The number of aliphatic hydroxyl groups is 1. The lowest BCUT2D eigenvalue weighted by Crippen LogP contribution is -2.61. The number of amides is 6. The summed E-state index contributed by atoms with van der Waals surface area (Å²) in [6.45, 7) is 8.88. The summed E-state index contributed by atoms with van der Waals surface area (Å²) >= 11 is 0. The van der Waals surface area contributed by atoms with E-state index < -0.39 is 89.4 Å². The number of carboxylic acids is 1. The summed E-state index contributed by atoms with van der Waals surface area (Å²) in [6, 6.07) is -6.15. The third-order valence-electron chi connectivity index (χ3n) is 7.08. The molecule has 7 atom stereocenters. The van der Waals surface area contributed by atoms with Gasteiger partial charge in [-0.1, -0.05) is 20.3 Å². The van der Waals surface area contributed by atoms with Crippen molar-refractivity contribution in [2.45, 2.75) is 116 Å². The van der Waals surface area contributed by atoms with Crippen LogP contribution in [-0.4, -0.2) is 107 Å². The molecule has 47 heavy (non-hydrogen) atoms. The second-order valence-electron chi connectivity index (χ2n) is 11.2. The number of ketones is 1. The van der Waals surface area contributed by atoms with E-state index in [1.165, 1.54) is 27.7 Å². The fourth-order valence-electron chi connectivity index (χ4n) is 4.11. The predicted octanol–water partition coefficient (Wildman–Crippen LogP) is -2.00. The van der Waals surface area contributed by atoms with Crippen molar-refractivity contribution in [3.63, 3.8) is 0 Å². The van der Waals surface area contributed by atoms with Crippen molar-refractivity contribution in [3.8, 4) is 0 Å². The van der Waals surface area contributed by atoms with E-state index in [1.807, 2.05) is 0 Å². The van der Waals surface area contributed by atoms with Crippen LogP contribution in [0.2, 0.25) is 0 Å². The van der Waals surface area contributed by atoms with Gasteiger partial charge in [-0.05, 0) is 58.9 Å². The number of halogens is 1. The average Bonchev–Trinajstić information content (AvgIpc) is 2.98. The van der Waals surface area contributed by atoms with Crippen LogP contribution in [0.15, 0.2) is 0 Å². The van der Waals surface area contributed by atoms with E-state index in [9.17, 15) is 43.5 Å². The van der Waals surface area contributed by atoms with E-state index in [0.717, 1.165) is 0 Å². The van der Waals surface area contributed by atoms with Crippen molar-refractivity contribution in [2.24, 2.45) is 11.7 Å². The fourth-order valence-corrected chi connectivity index (χ4v) is 4.11. The Kier molecular flexibility index (Phi) is 22.6. The average molecular weight is 694 g/mol. The van der Waals surface area contributed by atoms with Crippen LogP contribution >= 0.6 is 12.4 Å². The van der Waals surface area contributed by atoms with Crippen molar-refractivity contribution in [1.82, 2.24) is 31.9 Å². The Morgan fingerprint density at radius 1 is 0.723 bits per heavy atom. The van der Waals surface area contributed by atoms with E-state index in [-0.39, 0.29) is 38.2 Å². The van der Waals surface area contributed by atoms with Gasteiger partial charge in [0, 0.05) is 19.9 Å². The number of hydrogen-bond donors (Lipinski definition) is 9.